The number of carbonyl (C=O) groups is 2. The van der Waals surface area contributed by atoms with Crippen molar-refractivity contribution in [3.8, 4) is 11.5 Å². The highest BCUT2D eigenvalue weighted by molar-refractivity contribution is 5.88. The van der Waals surface area contributed by atoms with Gasteiger partial charge >= 0.3 is 6.03 Å². The number of likely N-dealkylation sites (tertiary alicyclic amines) is 1. The first kappa shape index (κ1) is 22.0. The normalized spacial score (nSPS) is 20.7. The Labute approximate surface area is 188 Å². The molecule has 0 unspecified atom stereocenters. The molecule has 0 radical (unpaired) electrons. The van der Waals surface area contributed by atoms with Crippen LogP contribution < -0.4 is 14.8 Å². The zero-order chi connectivity index (χ0) is 22.3. The van der Waals surface area contributed by atoms with E-state index in [0.717, 1.165) is 17.1 Å². The number of urea groups is 1. The summed E-state index contributed by atoms with van der Waals surface area (Å²) in [5.74, 6) is 1.44. The molecule has 2 heterocycles. The zero-order valence-corrected chi connectivity index (χ0v) is 18.2. The number of benzene rings is 2. The van der Waals surface area contributed by atoms with Crippen molar-refractivity contribution < 1.29 is 23.8 Å². The van der Waals surface area contributed by atoms with Crippen LogP contribution in [0.15, 0.2) is 54.6 Å². The van der Waals surface area contributed by atoms with Crippen LogP contribution in [0.25, 0.3) is 0 Å². The molecule has 2 saturated heterocycles. The molecule has 2 aromatic carbocycles. The van der Waals surface area contributed by atoms with Gasteiger partial charge in [-0.1, -0.05) is 30.3 Å². The molecule has 2 aliphatic rings. The number of carbonyl (C=O) groups excluding carboxylic acids is 2. The molecule has 2 fully saturated rings. The van der Waals surface area contributed by atoms with Gasteiger partial charge in [-0.2, -0.15) is 0 Å². The van der Waals surface area contributed by atoms with E-state index in [1.54, 1.807) is 16.9 Å². The number of methoxy groups -OCH3 is 1. The lowest BCUT2D eigenvalue weighted by atomic mass is 10.1. The number of rotatable bonds is 6. The third kappa shape index (κ3) is 5.31. The van der Waals surface area contributed by atoms with Gasteiger partial charge in [-0.15, -0.1) is 0 Å². The number of hydrogen-bond acceptors (Lipinski definition) is 5. The maximum atomic E-state index is 13.2. The van der Waals surface area contributed by atoms with Gasteiger partial charge < -0.3 is 29.3 Å². The Morgan fingerprint density at radius 1 is 1.03 bits per heavy atom. The van der Waals surface area contributed by atoms with Gasteiger partial charge in [0.2, 0.25) is 5.91 Å². The summed E-state index contributed by atoms with van der Waals surface area (Å²) in [6.07, 6.45) is 0.209. The van der Waals surface area contributed by atoms with Crippen molar-refractivity contribution in [1.29, 1.82) is 0 Å². The molecule has 8 heteroatoms. The summed E-state index contributed by atoms with van der Waals surface area (Å²) in [7, 11) is 1.61. The summed E-state index contributed by atoms with van der Waals surface area (Å²) >= 11 is 0. The molecule has 2 aromatic rings. The standard InChI is InChI=1S/C24H29N3O5/c1-30-19-9-7-18(8-10-19)16-25-24(29)27-17-21(32-20-5-3-2-4-6-20)15-22(27)23(28)26-11-13-31-14-12-26/h2-10,21-22H,11-17H2,1H3,(H,25,29)/t21-,22+/m0/s1. The van der Waals surface area contributed by atoms with Gasteiger partial charge in [0.15, 0.2) is 0 Å². The molecule has 8 nitrogen and oxygen atoms in total. The van der Waals surface area contributed by atoms with E-state index >= 15 is 0 Å². The molecule has 32 heavy (non-hydrogen) atoms. The van der Waals surface area contributed by atoms with Crippen molar-refractivity contribution in [2.75, 3.05) is 40.0 Å². The highest BCUT2D eigenvalue weighted by atomic mass is 16.5. The molecule has 0 saturated carbocycles. The fourth-order valence-electron chi connectivity index (χ4n) is 4.05. The summed E-state index contributed by atoms with van der Waals surface area (Å²) in [5.41, 5.74) is 0.950. The maximum Gasteiger partial charge on any atom is 0.318 e. The third-order valence-electron chi connectivity index (χ3n) is 5.78. The lowest BCUT2D eigenvalue weighted by molar-refractivity contribution is -0.139. The Morgan fingerprint density at radius 2 is 1.75 bits per heavy atom. The molecule has 3 amide bonds. The second-order valence-corrected chi connectivity index (χ2v) is 7.90. The average Bonchev–Trinajstić information content (AvgIpc) is 3.27. The number of ether oxygens (including phenoxy) is 3. The lowest BCUT2D eigenvalue weighted by Crippen LogP contribution is -2.52. The van der Waals surface area contributed by atoms with Gasteiger partial charge in [0.25, 0.3) is 0 Å². The van der Waals surface area contributed by atoms with Crippen molar-refractivity contribution in [2.45, 2.75) is 25.1 Å². The topological polar surface area (TPSA) is 80.3 Å². The minimum absolute atomic E-state index is 0.0490. The van der Waals surface area contributed by atoms with Crippen LogP contribution in [0.3, 0.4) is 0 Å². The highest BCUT2D eigenvalue weighted by Gasteiger charge is 2.42. The van der Waals surface area contributed by atoms with Gasteiger partial charge in [0.1, 0.15) is 23.6 Å². The maximum absolute atomic E-state index is 13.2. The molecular weight excluding hydrogens is 410 g/mol. The van der Waals surface area contributed by atoms with Crippen LogP contribution >= 0.6 is 0 Å². The molecule has 2 aliphatic heterocycles. The van der Waals surface area contributed by atoms with Crippen LogP contribution in [0.4, 0.5) is 4.79 Å². The minimum atomic E-state index is -0.558. The van der Waals surface area contributed by atoms with Crippen molar-refractivity contribution in [2.24, 2.45) is 0 Å². The van der Waals surface area contributed by atoms with E-state index in [-0.39, 0.29) is 18.0 Å². The Morgan fingerprint density at radius 3 is 2.44 bits per heavy atom. The molecular formula is C24H29N3O5. The van der Waals surface area contributed by atoms with Crippen LogP contribution in [-0.2, 0) is 16.1 Å². The summed E-state index contributed by atoms with van der Waals surface area (Å²) in [5, 5.41) is 2.95. The SMILES string of the molecule is COc1ccc(CNC(=O)N2C[C@@H](Oc3ccccc3)C[C@@H]2C(=O)N2CCOCC2)cc1. The number of nitrogens with one attached hydrogen (secondary N) is 1. The second kappa shape index (κ2) is 10.4. The number of nitrogens with zero attached hydrogens (tertiary/aromatic N) is 2. The molecule has 170 valence electrons. The molecule has 4 rings (SSSR count). The summed E-state index contributed by atoms with van der Waals surface area (Å²) < 4.78 is 16.6. The number of para-hydroxylation sites is 1. The first-order valence-electron chi connectivity index (χ1n) is 10.9. The van der Waals surface area contributed by atoms with Crippen molar-refractivity contribution in [3.63, 3.8) is 0 Å². The van der Waals surface area contributed by atoms with Crippen LogP contribution in [-0.4, -0.2) is 73.8 Å². The second-order valence-electron chi connectivity index (χ2n) is 7.90. The summed E-state index contributed by atoms with van der Waals surface area (Å²) in [6, 6.07) is 16.2. The first-order chi connectivity index (χ1) is 15.6. The van der Waals surface area contributed by atoms with E-state index in [1.165, 1.54) is 0 Å². The van der Waals surface area contributed by atoms with E-state index < -0.39 is 6.04 Å². The molecule has 0 aromatic heterocycles. The fourth-order valence-corrected chi connectivity index (χ4v) is 4.05. The van der Waals surface area contributed by atoms with Gasteiger partial charge in [-0.05, 0) is 29.8 Å². The van der Waals surface area contributed by atoms with E-state index in [9.17, 15) is 9.59 Å². The average molecular weight is 440 g/mol. The number of amides is 3. The molecule has 0 aliphatic carbocycles. The van der Waals surface area contributed by atoms with Gasteiger partial charge in [-0.25, -0.2) is 4.79 Å². The zero-order valence-electron chi connectivity index (χ0n) is 18.2. The van der Waals surface area contributed by atoms with Crippen LogP contribution in [0, 0.1) is 0 Å². The van der Waals surface area contributed by atoms with Gasteiger partial charge in [0.05, 0.1) is 26.9 Å². The van der Waals surface area contributed by atoms with Crippen molar-refractivity contribution in [1.82, 2.24) is 15.1 Å². The Hall–Kier alpha value is -3.26. The Balaban J connectivity index is 1.43. The van der Waals surface area contributed by atoms with E-state index in [2.05, 4.69) is 5.32 Å². The largest absolute Gasteiger partial charge is 0.497 e. The van der Waals surface area contributed by atoms with Crippen LogP contribution in [0.5, 0.6) is 11.5 Å². The van der Waals surface area contributed by atoms with Crippen LogP contribution in [0.2, 0.25) is 0 Å². The van der Waals surface area contributed by atoms with E-state index in [4.69, 9.17) is 14.2 Å². The first-order valence-corrected chi connectivity index (χ1v) is 10.9. The van der Waals surface area contributed by atoms with Gasteiger partial charge in [-0.3, -0.25) is 4.79 Å². The fraction of sp³-hybridized carbons (Fsp3) is 0.417. The number of morpholine rings is 1. The molecule has 0 spiro atoms. The van der Waals surface area contributed by atoms with Crippen LogP contribution in [0.1, 0.15) is 12.0 Å². The third-order valence-corrected chi connectivity index (χ3v) is 5.78. The Bertz CT molecular complexity index is 900. The smallest absolute Gasteiger partial charge is 0.318 e. The molecule has 0 bridgehead atoms. The van der Waals surface area contributed by atoms with E-state index in [0.29, 0.717) is 45.8 Å². The quantitative estimate of drug-likeness (QED) is 0.747. The predicted octanol–water partition coefficient (Wildman–Crippen LogP) is 2.29. The van der Waals surface area contributed by atoms with Crippen molar-refractivity contribution >= 4 is 11.9 Å². The van der Waals surface area contributed by atoms with E-state index in [1.807, 2.05) is 54.6 Å². The summed E-state index contributed by atoms with van der Waals surface area (Å²) in [4.78, 5) is 29.7. The summed E-state index contributed by atoms with van der Waals surface area (Å²) in [6.45, 7) is 2.84. The minimum Gasteiger partial charge on any atom is -0.497 e. The van der Waals surface area contributed by atoms with Crippen molar-refractivity contribution in [3.05, 3.63) is 60.2 Å². The molecule has 2 atom stereocenters. The number of hydrogen-bond donors (Lipinski definition) is 1. The lowest BCUT2D eigenvalue weighted by Gasteiger charge is -2.32. The highest BCUT2D eigenvalue weighted by Crippen LogP contribution is 2.25. The van der Waals surface area contributed by atoms with Gasteiger partial charge in [0, 0.05) is 26.1 Å². The predicted molar refractivity (Wildman–Crippen MR) is 119 cm³/mol. The molecule has 1 N–H and O–H groups in total. The Kier molecular flexibility index (Phi) is 7.11. The monoisotopic (exact) mass is 439 g/mol.